The van der Waals surface area contributed by atoms with Crippen LogP contribution in [0.5, 0.6) is 5.75 Å². The second kappa shape index (κ2) is 6.51. The molecule has 0 saturated heterocycles. The van der Waals surface area contributed by atoms with Crippen molar-refractivity contribution in [2.24, 2.45) is 5.84 Å². The van der Waals surface area contributed by atoms with Crippen LogP contribution in [-0.2, 0) is 13.1 Å². The van der Waals surface area contributed by atoms with Gasteiger partial charge in [0.2, 0.25) is 0 Å². The largest absolute Gasteiger partial charge is 0.497 e. The number of ether oxygens (including phenoxy) is 1. The Hall–Kier alpha value is -1.63. The number of anilines is 1. The minimum atomic E-state index is 0.741. The maximum atomic E-state index is 5.32. The van der Waals surface area contributed by atoms with Crippen LogP contribution in [0.1, 0.15) is 10.4 Å². The molecule has 6 heteroatoms. The molecule has 0 aliphatic carbocycles. The predicted molar refractivity (Wildman–Crippen MR) is 78.1 cm³/mol. The van der Waals surface area contributed by atoms with Crippen LogP contribution in [0.2, 0.25) is 0 Å². The molecule has 1 aromatic heterocycles. The van der Waals surface area contributed by atoms with Crippen molar-refractivity contribution in [1.82, 2.24) is 9.88 Å². The van der Waals surface area contributed by atoms with Gasteiger partial charge in [-0.2, -0.15) is 0 Å². The van der Waals surface area contributed by atoms with Gasteiger partial charge in [0, 0.05) is 24.2 Å². The summed E-state index contributed by atoms with van der Waals surface area (Å²) in [6, 6.07) is 8.10. The number of nitrogens with one attached hydrogen (secondary N) is 1. The van der Waals surface area contributed by atoms with Crippen LogP contribution >= 0.6 is 11.3 Å². The molecule has 0 radical (unpaired) electrons. The molecule has 0 bridgehead atoms. The zero-order valence-electron chi connectivity index (χ0n) is 11.1. The summed E-state index contributed by atoms with van der Waals surface area (Å²) < 4.78 is 5.22. The number of hydrogen-bond donors (Lipinski definition) is 2. The second-order valence-electron chi connectivity index (χ2n) is 4.30. The second-order valence-corrected chi connectivity index (χ2v) is 5.42. The Kier molecular flexibility index (Phi) is 4.73. The highest BCUT2D eigenvalue weighted by molar-refractivity contribution is 7.15. The summed E-state index contributed by atoms with van der Waals surface area (Å²) in [5.41, 5.74) is 3.78. The predicted octanol–water partition coefficient (Wildman–Crippen LogP) is 2.07. The van der Waals surface area contributed by atoms with E-state index in [-0.39, 0.29) is 0 Å². The number of aromatic nitrogens is 1. The maximum absolute atomic E-state index is 5.32. The van der Waals surface area contributed by atoms with Crippen molar-refractivity contribution in [1.29, 1.82) is 0 Å². The molecule has 0 atom stereocenters. The van der Waals surface area contributed by atoms with Crippen molar-refractivity contribution in [2.75, 3.05) is 19.6 Å². The maximum Gasteiger partial charge on any atom is 0.197 e. The van der Waals surface area contributed by atoms with Gasteiger partial charge in [0.25, 0.3) is 0 Å². The monoisotopic (exact) mass is 278 g/mol. The molecule has 0 fully saturated rings. The molecule has 3 N–H and O–H groups in total. The fourth-order valence-electron chi connectivity index (χ4n) is 1.85. The van der Waals surface area contributed by atoms with Crippen molar-refractivity contribution in [3.63, 3.8) is 0 Å². The number of thiazole rings is 1. The molecule has 102 valence electrons. The highest BCUT2D eigenvalue weighted by atomic mass is 32.1. The molecule has 0 aliphatic heterocycles. The smallest absolute Gasteiger partial charge is 0.197 e. The molecule has 0 spiro atoms. The number of methoxy groups -OCH3 is 1. The van der Waals surface area contributed by atoms with Gasteiger partial charge in [0.1, 0.15) is 5.75 Å². The fourth-order valence-corrected chi connectivity index (χ4v) is 2.65. The lowest BCUT2D eigenvalue weighted by atomic mass is 10.2. The Morgan fingerprint density at radius 1 is 1.42 bits per heavy atom. The van der Waals surface area contributed by atoms with Gasteiger partial charge < -0.3 is 4.74 Å². The van der Waals surface area contributed by atoms with Crippen LogP contribution < -0.4 is 16.0 Å². The van der Waals surface area contributed by atoms with Gasteiger partial charge in [0.05, 0.1) is 7.11 Å². The lowest BCUT2D eigenvalue weighted by Gasteiger charge is -2.15. The Morgan fingerprint density at radius 2 is 2.26 bits per heavy atom. The van der Waals surface area contributed by atoms with E-state index in [1.165, 1.54) is 10.4 Å². The molecule has 19 heavy (non-hydrogen) atoms. The molecule has 2 aromatic rings. The molecular formula is C13H18N4OS. The van der Waals surface area contributed by atoms with E-state index in [1.807, 2.05) is 18.3 Å². The Bertz CT molecular complexity index is 529. The summed E-state index contributed by atoms with van der Waals surface area (Å²) >= 11 is 1.57. The zero-order valence-corrected chi connectivity index (χ0v) is 11.9. The summed E-state index contributed by atoms with van der Waals surface area (Å²) in [4.78, 5) is 7.56. The molecule has 2 rings (SSSR count). The normalized spacial score (nSPS) is 10.7. The molecular weight excluding hydrogens is 260 g/mol. The van der Waals surface area contributed by atoms with E-state index in [0.29, 0.717) is 0 Å². The van der Waals surface area contributed by atoms with E-state index in [1.54, 1.807) is 18.4 Å². The van der Waals surface area contributed by atoms with Gasteiger partial charge in [-0.3, -0.25) is 10.3 Å². The van der Waals surface area contributed by atoms with Gasteiger partial charge in [-0.05, 0) is 24.7 Å². The van der Waals surface area contributed by atoms with Crippen LogP contribution in [0.3, 0.4) is 0 Å². The Labute approximate surface area is 117 Å². The van der Waals surface area contributed by atoms with E-state index in [4.69, 9.17) is 10.6 Å². The minimum Gasteiger partial charge on any atom is -0.497 e. The number of hydrogen-bond acceptors (Lipinski definition) is 6. The molecule has 1 heterocycles. The first-order chi connectivity index (χ1) is 9.21. The Morgan fingerprint density at radius 3 is 2.95 bits per heavy atom. The average molecular weight is 278 g/mol. The van der Waals surface area contributed by atoms with Crippen molar-refractivity contribution in [3.05, 3.63) is 40.9 Å². The fraction of sp³-hybridized carbons (Fsp3) is 0.308. The molecule has 0 saturated carbocycles. The first-order valence-corrected chi connectivity index (χ1v) is 6.75. The summed E-state index contributed by atoms with van der Waals surface area (Å²) in [5, 5.41) is 0.741. The standard InChI is InChI=1S/C13H18N4OS/c1-17(9-12-7-15-13(16-14)19-12)8-10-4-3-5-11(6-10)18-2/h3-7H,8-9,14H2,1-2H3,(H,15,16). The molecule has 0 amide bonds. The van der Waals surface area contributed by atoms with Crippen molar-refractivity contribution in [2.45, 2.75) is 13.1 Å². The molecule has 5 nitrogen and oxygen atoms in total. The number of nitrogen functional groups attached to an aromatic ring is 1. The summed E-state index contributed by atoms with van der Waals surface area (Å²) in [6.45, 7) is 1.71. The topological polar surface area (TPSA) is 63.4 Å². The van der Waals surface area contributed by atoms with Gasteiger partial charge in [-0.25, -0.2) is 10.8 Å². The highest BCUT2D eigenvalue weighted by Gasteiger charge is 2.06. The summed E-state index contributed by atoms with van der Waals surface area (Å²) in [5.74, 6) is 6.21. The van der Waals surface area contributed by atoms with Crippen LogP contribution in [-0.4, -0.2) is 24.0 Å². The van der Waals surface area contributed by atoms with E-state index < -0.39 is 0 Å². The van der Waals surface area contributed by atoms with Gasteiger partial charge >= 0.3 is 0 Å². The van der Waals surface area contributed by atoms with Crippen molar-refractivity contribution in [3.8, 4) is 5.75 Å². The van der Waals surface area contributed by atoms with E-state index in [0.717, 1.165) is 24.0 Å². The van der Waals surface area contributed by atoms with E-state index in [2.05, 4.69) is 34.5 Å². The first-order valence-electron chi connectivity index (χ1n) is 5.94. The van der Waals surface area contributed by atoms with Crippen molar-refractivity contribution < 1.29 is 4.74 Å². The van der Waals surface area contributed by atoms with Gasteiger partial charge in [-0.1, -0.05) is 23.5 Å². The van der Waals surface area contributed by atoms with E-state index >= 15 is 0 Å². The van der Waals surface area contributed by atoms with Crippen LogP contribution in [0.25, 0.3) is 0 Å². The summed E-state index contributed by atoms with van der Waals surface area (Å²) in [7, 11) is 3.76. The number of rotatable bonds is 6. The number of benzene rings is 1. The SMILES string of the molecule is COc1cccc(CN(C)Cc2cnc(NN)s2)c1. The summed E-state index contributed by atoms with van der Waals surface area (Å²) in [6.07, 6.45) is 1.85. The lowest BCUT2D eigenvalue weighted by Crippen LogP contribution is -2.16. The van der Waals surface area contributed by atoms with Gasteiger partial charge in [0.15, 0.2) is 5.13 Å². The molecule has 0 aliphatic rings. The van der Waals surface area contributed by atoms with Crippen LogP contribution in [0.15, 0.2) is 30.5 Å². The van der Waals surface area contributed by atoms with Crippen LogP contribution in [0.4, 0.5) is 5.13 Å². The average Bonchev–Trinajstić information content (AvgIpc) is 2.86. The van der Waals surface area contributed by atoms with Crippen molar-refractivity contribution >= 4 is 16.5 Å². The number of hydrazine groups is 1. The highest BCUT2D eigenvalue weighted by Crippen LogP contribution is 2.19. The first kappa shape index (κ1) is 13.8. The lowest BCUT2D eigenvalue weighted by molar-refractivity contribution is 0.321. The Balaban J connectivity index is 1.94. The minimum absolute atomic E-state index is 0.741. The van der Waals surface area contributed by atoms with Gasteiger partial charge in [-0.15, -0.1) is 0 Å². The molecule has 1 aromatic carbocycles. The number of nitrogens with zero attached hydrogens (tertiary/aromatic N) is 2. The van der Waals surface area contributed by atoms with Crippen LogP contribution in [0, 0.1) is 0 Å². The quantitative estimate of drug-likeness (QED) is 0.625. The molecule has 0 unspecified atom stereocenters. The third-order valence-electron chi connectivity index (χ3n) is 2.69. The third-order valence-corrected chi connectivity index (χ3v) is 3.60. The zero-order chi connectivity index (χ0) is 13.7. The van der Waals surface area contributed by atoms with E-state index in [9.17, 15) is 0 Å². The third kappa shape index (κ3) is 3.92. The number of nitrogens with two attached hydrogens (primary N) is 1.